The number of nitrogens with one attached hydrogen (secondary N) is 1. The van der Waals surface area contributed by atoms with E-state index in [9.17, 15) is 0 Å². The molecule has 2 heterocycles. The van der Waals surface area contributed by atoms with Crippen LogP contribution in [0.3, 0.4) is 0 Å². The minimum Gasteiger partial charge on any atom is -0.366 e. The summed E-state index contributed by atoms with van der Waals surface area (Å²) in [5.74, 6) is 0.878. The van der Waals surface area contributed by atoms with E-state index in [1.54, 1.807) is 12.3 Å². The Morgan fingerprint density at radius 2 is 2.00 bits per heavy atom. The van der Waals surface area contributed by atoms with E-state index in [2.05, 4.69) is 28.3 Å². The van der Waals surface area contributed by atoms with Crippen LogP contribution in [0.2, 0.25) is 5.15 Å². The monoisotopic (exact) mass is 247 g/mol. The van der Waals surface area contributed by atoms with Crippen molar-refractivity contribution in [3.05, 3.63) is 52.4 Å². The van der Waals surface area contributed by atoms with Gasteiger partial charge in [-0.1, -0.05) is 23.7 Å². The standard InChI is InChI=1S/C13H14ClN3/c1-9-3-6-13(17-10(9)2)16-8-11-4-5-12(14)15-7-11/h3-7H,8H2,1-2H3,(H,16,17). The van der Waals surface area contributed by atoms with Crippen LogP contribution < -0.4 is 5.32 Å². The van der Waals surface area contributed by atoms with Crippen LogP contribution in [0.1, 0.15) is 16.8 Å². The molecule has 0 saturated heterocycles. The SMILES string of the molecule is Cc1ccc(NCc2ccc(Cl)nc2)nc1C. The van der Waals surface area contributed by atoms with Gasteiger partial charge in [-0.3, -0.25) is 0 Å². The topological polar surface area (TPSA) is 37.8 Å². The molecule has 0 aliphatic carbocycles. The summed E-state index contributed by atoms with van der Waals surface area (Å²) in [5, 5.41) is 3.77. The first-order valence-corrected chi connectivity index (χ1v) is 5.81. The Morgan fingerprint density at radius 3 is 2.65 bits per heavy atom. The van der Waals surface area contributed by atoms with Crippen molar-refractivity contribution in [2.24, 2.45) is 0 Å². The van der Waals surface area contributed by atoms with Gasteiger partial charge in [0.15, 0.2) is 0 Å². The van der Waals surface area contributed by atoms with Gasteiger partial charge >= 0.3 is 0 Å². The summed E-state index contributed by atoms with van der Waals surface area (Å²) in [6.45, 7) is 4.75. The van der Waals surface area contributed by atoms with Crippen LogP contribution >= 0.6 is 11.6 Å². The molecule has 0 fully saturated rings. The van der Waals surface area contributed by atoms with Crippen LogP contribution in [-0.2, 0) is 6.54 Å². The average molecular weight is 248 g/mol. The zero-order chi connectivity index (χ0) is 12.3. The van der Waals surface area contributed by atoms with Gasteiger partial charge in [-0.05, 0) is 37.1 Å². The van der Waals surface area contributed by atoms with Crippen LogP contribution in [0, 0.1) is 13.8 Å². The highest BCUT2D eigenvalue weighted by Gasteiger charge is 1.98. The minimum absolute atomic E-state index is 0.512. The maximum Gasteiger partial charge on any atom is 0.129 e. The summed E-state index contributed by atoms with van der Waals surface area (Å²) in [7, 11) is 0. The second-order valence-corrected chi connectivity index (χ2v) is 4.33. The smallest absolute Gasteiger partial charge is 0.129 e. The molecule has 0 radical (unpaired) electrons. The molecule has 2 aromatic rings. The van der Waals surface area contributed by atoms with E-state index >= 15 is 0 Å². The number of nitrogens with zero attached hydrogens (tertiary/aromatic N) is 2. The molecule has 0 unspecified atom stereocenters. The molecule has 17 heavy (non-hydrogen) atoms. The first kappa shape index (κ1) is 11.9. The fraction of sp³-hybridized carbons (Fsp3) is 0.231. The van der Waals surface area contributed by atoms with Crippen LogP contribution in [-0.4, -0.2) is 9.97 Å². The number of rotatable bonds is 3. The Balaban J connectivity index is 2.02. The highest BCUT2D eigenvalue weighted by Crippen LogP contribution is 2.11. The number of aryl methyl sites for hydroxylation is 2. The van der Waals surface area contributed by atoms with Crippen molar-refractivity contribution >= 4 is 17.4 Å². The highest BCUT2D eigenvalue weighted by molar-refractivity contribution is 6.29. The van der Waals surface area contributed by atoms with Crippen molar-refractivity contribution in [2.75, 3.05) is 5.32 Å². The van der Waals surface area contributed by atoms with Gasteiger partial charge < -0.3 is 5.32 Å². The van der Waals surface area contributed by atoms with Crippen LogP contribution in [0.15, 0.2) is 30.5 Å². The Bertz CT molecular complexity index is 509. The first-order chi connectivity index (χ1) is 8.15. The fourth-order valence-electron chi connectivity index (χ4n) is 1.43. The summed E-state index contributed by atoms with van der Waals surface area (Å²) in [4.78, 5) is 8.48. The molecule has 0 atom stereocenters. The molecule has 4 heteroatoms. The van der Waals surface area contributed by atoms with E-state index in [0.29, 0.717) is 11.7 Å². The highest BCUT2D eigenvalue weighted by atomic mass is 35.5. The van der Waals surface area contributed by atoms with E-state index in [1.807, 2.05) is 19.1 Å². The molecule has 2 rings (SSSR count). The van der Waals surface area contributed by atoms with Gasteiger partial charge in [0, 0.05) is 18.4 Å². The third-order valence-corrected chi connectivity index (χ3v) is 2.84. The summed E-state index contributed by atoms with van der Waals surface area (Å²) in [5.41, 5.74) is 3.32. The molecule has 1 N–H and O–H groups in total. The lowest BCUT2D eigenvalue weighted by atomic mass is 10.2. The number of hydrogen-bond acceptors (Lipinski definition) is 3. The molecule has 0 aliphatic heterocycles. The van der Waals surface area contributed by atoms with E-state index in [0.717, 1.165) is 17.1 Å². The Kier molecular flexibility index (Phi) is 3.59. The second-order valence-electron chi connectivity index (χ2n) is 3.94. The normalized spacial score (nSPS) is 10.3. The van der Waals surface area contributed by atoms with E-state index in [1.165, 1.54) is 5.56 Å². The average Bonchev–Trinajstić information content (AvgIpc) is 2.33. The fourth-order valence-corrected chi connectivity index (χ4v) is 1.54. The molecule has 0 amide bonds. The van der Waals surface area contributed by atoms with Gasteiger partial charge in [0.2, 0.25) is 0 Å². The van der Waals surface area contributed by atoms with Gasteiger partial charge in [-0.2, -0.15) is 0 Å². The van der Waals surface area contributed by atoms with Gasteiger partial charge in [0.25, 0.3) is 0 Å². The second kappa shape index (κ2) is 5.15. The number of pyridine rings is 2. The van der Waals surface area contributed by atoms with Gasteiger partial charge in [0.05, 0.1) is 0 Å². The molecule has 0 aliphatic rings. The molecule has 88 valence electrons. The van der Waals surface area contributed by atoms with Gasteiger partial charge in [-0.25, -0.2) is 9.97 Å². The lowest BCUT2D eigenvalue weighted by Crippen LogP contribution is -2.02. The minimum atomic E-state index is 0.512. The Labute approximate surface area is 106 Å². The van der Waals surface area contributed by atoms with Crippen molar-refractivity contribution in [3.63, 3.8) is 0 Å². The quantitative estimate of drug-likeness (QED) is 0.846. The third-order valence-electron chi connectivity index (χ3n) is 2.61. The predicted molar refractivity (Wildman–Crippen MR) is 70.3 cm³/mol. The maximum absolute atomic E-state index is 5.72. The number of halogens is 1. The molecule has 2 aromatic heterocycles. The van der Waals surface area contributed by atoms with E-state index in [-0.39, 0.29) is 0 Å². The van der Waals surface area contributed by atoms with Crippen LogP contribution in [0.4, 0.5) is 5.82 Å². The van der Waals surface area contributed by atoms with Gasteiger partial charge in [-0.15, -0.1) is 0 Å². The molecule has 0 aromatic carbocycles. The Morgan fingerprint density at radius 1 is 1.18 bits per heavy atom. The third kappa shape index (κ3) is 3.17. The van der Waals surface area contributed by atoms with Crippen LogP contribution in [0.5, 0.6) is 0 Å². The maximum atomic E-state index is 5.72. The van der Waals surface area contributed by atoms with Crippen molar-refractivity contribution in [3.8, 4) is 0 Å². The summed E-state index contributed by atoms with van der Waals surface area (Å²) in [6.07, 6.45) is 1.76. The number of anilines is 1. The number of hydrogen-bond donors (Lipinski definition) is 1. The van der Waals surface area contributed by atoms with Crippen LogP contribution in [0.25, 0.3) is 0 Å². The molecular weight excluding hydrogens is 234 g/mol. The zero-order valence-electron chi connectivity index (χ0n) is 9.87. The largest absolute Gasteiger partial charge is 0.366 e. The van der Waals surface area contributed by atoms with Crippen molar-refractivity contribution in [2.45, 2.75) is 20.4 Å². The molecular formula is C13H14ClN3. The lowest BCUT2D eigenvalue weighted by Gasteiger charge is -2.07. The lowest BCUT2D eigenvalue weighted by molar-refractivity contribution is 1.06. The van der Waals surface area contributed by atoms with Crippen molar-refractivity contribution in [1.29, 1.82) is 0 Å². The predicted octanol–water partition coefficient (Wildman–Crippen LogP) is 3.36. The zero-order valence-corrected chi connectivity index (χ0v) is 10.6. The summed E-state index contributed by atoms with van der Waals surface area (Å²) < 4.78 is 0. The molecule has 3 nitrogen and oxygen atoms in total. The van der Waals surface area contributed by atoms with E-state index < -0.39 is 0 Å². The van der Waals surface area contributed by atoms with E-state index in [4.69, 9.17) is 11.6 Å². The van der Waals surface area contributed by atoms with Crippen molar-refractivity contribution in [1.82, 2.24) is 9.97 Å². The van der Waals surface area contributed by atoms with Crippen molar-refractivity contribution < 1.29 is 0 Å². The summed E-state index contributed by atoms with van der Waals surface area (Å²) >= 11 is 5.72. The molecule has 0 saturated carbocycles. The first-order valence-electron chi connectivity index (χ1n) is 5.44. The molecule has 0 spiro atoms. The summed E-state index contributed by atoms with van der Waals surface area (Å²) in [6, 6.07) is 7.77. The molecule has 0 bridgehead atoms. The van der Waals surface area contributed by atoms with Gasteiger partial charge in [0.1, 0.15) is 11.0 Å². The Hall–Kier alpha value is -1.61. The number of aromatic nitrogens is 2.